The number of rotatable bonds is 4. The Morgan fingerprint density at radius 2 is 1.85 bits per heavy atom. The summed E-state index contributed by atoms with van der Waals surface area (Å²) in [6.45, 7) is 5.18. The third kappa shape index (κ3) is 2.97. The minimum atomic E-state index is 0.868. The van der Waals surface area contributed by atoms with E-state index < -0.39 is 0 Å². The van der Waals surface area contributed by atoms with E-state index in [1.807, 2.05) is 24.3 Å². The van der Waals surface area contributed by atoms with Gasteiger partial charge in [-0.2, -0.15) is 0 Å². The van der Waals surface area contributed by atoms with E-state index >= 15 is 0 Å². The van der Waals surface area contributed by atoms with Crippen molar-refractivity contribution in [3.05, 3.63) is 83.9 Å². The zero-order valence-electron chi connectivity index (χ0n) is 15.2. The zero-order chi connectivity index (χ0) is 17.9. The molecule has 1 aliphatic heterocycles. The highest BCUT2D eigenvalue weighted by atomic mass is 16.5. The Kier molecular flexibility index (Phi) is 4.44. The first-order valence-electron chi connectivity index (χ1n) is 9.17. The second kappa shape index (κ2) is 7.04. The molecule has 1 aliphatic rings. The molecule has 3 heteroatoms. The van der Waals surface area contributed by atoms with Crippen LogP contribution in [0.5, 0.6) is 5.75 Å². The van der Waals surface area contributed by atoms with Crippen molar-refractivity contribution in [2.75, 3.05) is 11.4 Å². The summed E-state index contributed by atoms with van der Waals surface area (Å²) in [4.78, 5) is 5.68. The second-order valence-corrected chi connectivity index (χ2v) is 6.33. The van der Waals surface area contributed by atoms with Gasteiger partial charge in [0.15, 0.2) is 11.4 Å². The maximum atomic E-state index is 6.01. The van der Waals surface area contributed by atoms with Crippen LogP contribution in [0, 0.1) is 0 Å². The standard InChI is InChI=1S/C23H22N2O/c1-3-18-16-17(19-11-5-6-12-20(19)24-18)10-9-15-23-25(4-2)21-13-7-8-14-22(21)26-23/h5-16H,3-4H2,1-2H3/p+1. The quantitative estimate of drug-likeness (QED) is 0.667. The summed E-state index contributed by atoms with van der Waals surface area (Å²) in [5.41, 5.74) is 4.74. The lowest BCUT2D eigenvalue weighted by atomic mass is 10.1. The number of nitrogens with zero attached hydrogens (tertiary/aromatic N) is 1. The fraction of sp³-hybridized carbons (Fsp3) is 0.174. The van der Waals surface area contributed by atoms with Crippen LogP contribution in [0.4, 0.5) is 5.69 Å². The lowest BCUT2D eigenvalue weighted by Gasteiger charge is -2.14. The Morgan fingerprint density at radius 3 is 2.69 bits per heavy atom. The number of para-hydroxylation sites is 3. The fourth-order valence-electron chi connectivity index (χ4n) is 3.38. The summed E-state index contributed by atoms with van der Waals surface area (Å²) in [7, 11) is 0. The first kappa shape index (κ1) is 16.4. The van der Waals surface area contributed by atoms with Crippen LogP contribution in [0.25, 0.3) is 17.0 Å². The van der Waals surface area contributed by atoms with Gasteiger partial charge in [0.25, 0.3) is 0 Å². The number of fused-ring (bicyclic) bond motifs is 2. The first-order chi connectivity index (χ1) is 12.8. The number of anilines is 1. The average molecular weight is 343 g/mol. The molecule has 1 N–H and O–H groups in total. The van der Waals surface area contributed by atoms with Gasteiger partial charge >= 0.3 is 0 Å². The molecule has 0 saturated carbocycles. The lowest BCUT2D eigenvalue weighted by molar-refractivity contribution is -0.357. The van der Waals surface area contributed by atoms with Crippen molar-refractivity contribution in [3.8, 4) is 5.75 Å². The van der Waals surface area contributed by atoms with E-state index in [-0.39, 0.29) is 0 Å². The van der Waals surface area contributed by atoms with Crippen LogP contribution >= 0.6 is 0 Å². The molecule has 0 aliphatic carbocycles. The lowest BCUT2D eigenvalue weighted by Crippen LogP contribution is -2.18. The number of H-pyrrole nitrogens is 1. The summed E-state index contributed by atoms with van der Waals surface area (Å²) in [5.74, 6) is 1.79. The largest absolute Gasteiger partial charge is 0.439 e. The number of pyridine rings is 1. The fourth-order valence-corrected chi connectivity index (χ4v) is 3.38. The number of aromatic amines is 1. The Balaban J connectivity index is 1.67. The van der Waals surface area contributed by atoms with E-state index in [9.17, 15) is 0 Å². The van der Waals surface area contributed by atoms with E-state index in [4.69, 9.17) is 4.74 Å². The Morgan fingerprint density at radius 1 is 1.04 bits per heavy atom. The van der Waals surface area contributed by atoms with Crippen LogP contribution in [-0.2, 0) is 6.42 Å². The van der Waals surface area contributed by atoms with Crippen molar-refractivity contribution in [1.82, 2.24) is 0 Å². The van der Waals surface area contributed by atoms with Gasteiger partial charge in [0, 0.05) is 25.1 Å². The van der Waals surface area contributed by atoms with Gasteiger partial charge in [-0.25, -0.2) is 4.98 Å². The van der Waals surface area contributed by atoms with Crippen molar-refractivity contribution in [2.45, 2.75) is 20.3 Å². The van der Waals surface area contributed by atoms with Crippen molar-refractivity contribution in [2.24, 2.45) is 0 Å². The van der Waals surface area contributed by atoms with Crippen LogP contribution < -0.4 is 14.6 Å². The summed E-state index contributed by atoms with van der Waals surface area (Å²) >= 11 is 0. The second-order valence-electron chi connectivity index (χ2n) is 6.33. The molecule has 0 spiro atoms. The maximum Gasteiger partial charge on any atom is 0.211 e. The summed E-state index contributed by atoms with van der Waals surface area (Å²) < 4.78 is 6.01. The average Bonchev–Trinajstić information content (AvgIpc) is 3.05. The van der Waals surface area contributed by atoms with E-state index in [0.29, 0.717) is 0 Å². The van der Waals surface area contributed by atoms with Gasteiger partial charge < -0.3 is 9.64 Å². The van der Waals surface area contributed by atoms with Crippen LogP contribution in [0.1, 0.15) is 25.1 Å². The highest BCUT2D eigenvalue weighted by Gasteiger charge is 2.23. The molecule has 4 rings (SSSR count). The third-order valence-corrected chi connectivity index (χ3v) is 4.71. The predicted octanol–water partition coefficient (Wildman–Crippen LogP) is 4.99. The van der Waals surface area contributed by atoms with Crippen molar-refractivity contribution in [1.29, 1.82) is 0 Å². The minimum absolute atomic E-state index is 0.868. The van der Waals surface area contributed by atoms with Crippen LogP contribution in [0.3, 0.4) is 0 Å². The molecular formula is C23H23N2O+. The number of benzene rings is 2. The smallest absolute Gasteiger partial charge is 0.211 e. The number of allylic oxidation sites excluding steroid dienone is 2. The van der Waals surface area contributed by atoms with Gasteiger partial charge in [-0.05, 0) is 36.8 Å². The van der Waals surface area contributed by atoms with E-state index in [0.717, 1.165) is 30.3 Å². The molecular weight excluding hydrogens is 320 g/mol. The Bertz CT molecular complexity index is 1000. The number of aryl methyl sites for hydroxylation is 1. The Hall–Kier alpha value is -3.07. The highest BCUT2D eigenvalue weighted by molar-refractivity contribution is 5.85. The Labute approximate surface area is 154 Å². The molecule has 2 heterocycles. The maximum absolute atomic E-state index is 6.01. The molecule has 3 nitrogen and oxygen atoms in total. The van der Waals surface area contributed by atoms with Crippen LogP contribution in [0.15, 0.2) is 72.6 Å². The predicted molar refractivity (Wildman–Crippen MR) is 107 cm³/mol. The number of nitrogens with one attached hydrogen (secondary N) is 1. The van der Waals surface area contributed by atoms with Gasteiger partial charge in [-0.15, -0.1) is 0 Å². The van der Waals surface area contributed by atoms with Crippen LogP contribution in [0.2, 0.25) is 0 Å². The van der Waals surface area contributed by atoms with Gasteiger partial charge in [-0.1, -0.05) is 43.3 Å². The van der Waals surface area contributed by atoms with Crippen molar-refractivity contribution >= 4 is 22.7 Å². The molecule has 26 heavy (non-hydrogen) atoms. The first-order valence-corrected chi connectivity index (χ1v) is 9.17. The van der Waals surface area contributed by atoms with Gasteiger partial charge in [-0.3, -0.25) is 0 Å². The van der Waals surface area contributed by atoms with E-state index in [1.54, 1.807) is 0 Å². The van der Waals surface area contributed by atoms with Crippen LogP contribution in [-0.4, -0.2) is 6.54 Å². The molecule has 0 unspecified atom stereocenters. The number of aromatic nitrogens is 1. The summed E-state index contributed by atoms with van der Waals surface area (Å²) in [6, 6.07) is 18.8. The SMILES string of the molecule is CCc1cc(C=CC=C2Oc3ccccc3N2CC)c2ccccc2[nH+]1. The zero-order valence-corrected chi connectivity index (χ0v) is 15.2. The number of hydrogen-bond acceptors (Lipinski definition) is 2. The molecule has 0 atom stereocenters. The number of ether oxygens (including phenoxy) is 1. The van der Waals surface area contributed by atoms with Gasteiger partial charge in [0.05, 0.1) is 11.1 Å². The number of hydrogen-bond donors (Lipinski definition) is 0. The van der Waals surface area contributed by atoms with Crippen molar-refractivity contribution < 1.29 is 9.72 Å². The molecule has 130 valence electrons. The molecule has 3 aromatic rings. The molecule has 2 aromatic carbocycles. The normalized spacial score (nSPS) is 15.0. The van der Waals surface area contributed by atoms with Crippen molar-refractivity contribution in [3.63, 3.8) is 0 Å². The van der Waals surface area contributed by atoms with Gasteiger partial charge in [0.2, 0.25) is 11.4 Å². The molecule has 1 aromatic heterocycles. The molecule has 0 fully saturated rings. The monoisotopic (exact) mass is 343 g/mol. The summed E-state index contributed by atoms with van der Waals surface area (Å²) in [6.07, 6.45) is 7.25. The molecule has 0 saturated heterocycles. The summed E-state index contributed by atoms with van der Waals surface area (Å²) in [5, 5.41) is 1.22. The third-order valence-electron chi connectivity index (χ3n) is 4.71. The van der Waals surface area contributed by atoms with E-state index in [1.165, 1.54) is 22.2 Å². The highest BCUT2D eigenvalue weighted by Crippen LogP contribution is 2.38. The molecule has 0 bridgehead atoms. The molecule has 0 radical (unpaired) electrons. The molecule has 0 amide bonds. The minimum Gasteiger partial charge on any atom is -0.439 e. The van der Waals surface area contributed by atoms with E-state index in [2.05, 4.69) is 72.3 Å². The topological polar surface area (TPSA) is 26.6 Å². The van der Waals surface area contributed by atoms with Gasteiger partial charge in [0.1, 0.15) is 0 Å².